The van der Waals surface area contributed by atoms with Crippen LogP contribution in [0, 0.1) is 0 Å². The summed E-state index contributed by atoms with van der Waals surface area (Å²) in [5.41, 5.74) is 1.13. The molecule has 1 heterocycles. The summed E-state index contributed by atoms with van der Waals surface area (Å²) in [6.45, 7) is 8.37. The Morgan fingerprint density at radius 2 is 2.00 bits per heavy atom. The summed E-state index contributed by atoms with van der Waals surface area (Å²) in [4.78, 5) is 2.29. The van der Waals surface area contributed by atoms with Gasteiger partial charge in [0, 0.05) is 31.4 Å². The zero-order valence-electron chi connectivity index (χ0n) is 13.2. The number of piperazine rings is 1. The van der Waals surface area contributed by atoms with Crippen LogP contribution in [-0.2, 0) is 15.4 Å². The zero-order chi connectivity index (χ0) is 15.5. The molecule has 2 unspecified atom stereocenters. The Balaban J connectivity index is 2.09. The third kappa shape index (κ3) is 4.05. The molecule has 0 amide bonds. The largest absolute Gasteiger partial charge is 0.305 e. The van der Waals surface area contributed by atoms with Crippen LogP contribution < -0.4 is 5.32 Å². The van der Waals surface area contributed by atoms with Crippen LogP contribution in [0.1, 0.15) is 26.3 Å². The highest BCUT2D eigenvalue weighted by atomic mass is 32.2. The summed E-state index contributed by atoms with van der Waals surface area (Å²) >= 11 is 0. The molecule has 1 aliphatic heterocycles. The smallest absolute Gasteiger partial charge is 0.151 e. The standard InChI is InChI=1S/C16H26N2O2S/c1-4-21(19,20)11-10-18-13-16(3,17-12-14(18)2)15-8-6-5-7-9-15/h5-9,14,17H,4,10-13H2,1-3H3. The molecule has 4 nitrogen and oxygen atoms in total. The molecule has 1 aromatic carbocycles. The Bertz CT molecular complexity index is 559. The Morgan fingerprint density at radius 3 is 2.62 bits per heavy atom. The van der Waals surface area contributed by atoms with Gasteiger partial charge in [0.15, 0.2) is 9.84 Å². The molecule has 0 radical (unpaired) electrons. The van der Waals surface area contributed by atoms with E-state index in [2.05, 4.69) is 36.2 Å². The third-order valence-electron chi connectivity index (χ3n) is 4.47. The van der Waals surface area contributed by atoms with E-state index in [1.54, 1.807) is 6.92 Å². The number of hydrogen-bond acceptors (Lipinski definition) is 4. The van der Waals surface area contributed by atoms with E-state index >= 15 is 0 Å². The zero-order valence-corrected chi connectivity index (χ0v) is 14.0. The van der Waals surface area contributed by atoms with E-state index in [-0.39, 0.29) is 17.0 Å². The van der Waals surface area contributed by atoms with Crippen LogP contribution in [0.2, 0.25) is 0 Å². The van der Waals surface area contributed by atoms with Crippen molar-refractivity contribution in [1.29, 1.82) is 0 Å². The molecule has 21 heavy (non-hydrogen) atoms. The molecular formula is C16H26N2O2S. The van der Waals surface area contributed by atoms with E-state index in [0.29, 0.717) is 12.6 Å². The topological polar surface area (TPSA) is 49.4 Å². The predicted molar refractivity (Wildman–Crippen MR) is 87.2 cm³/mol. The first-order valence-electron chi connectivity index (χ1n) is 7.61. The van der Waals surface area contributed by atoms with Crippen molar-refractivity contribution in [1.82, 2.24) is 10.2 Å². The lowest BCUT2D eigenvalue weighted by Gasteiger charge is -2.45. The Labute approximate surface area is 128 Å². The lowest BCUT2D eigenvalue weighted by molar-refractivity contribution is 0.101. The van der Waals surface area contributed by atoms with Gasteiger partial charge in [-0.2, -0.15) is 0 Å². The third-order valence-corrected chi connectivity index (χ3v) is 6.15. The molecule has 2 rings (SSSR count). The van der Waals surface area contributed by atoms with Gasteiger partial charge in [-0.3, -0.25) is 4.90 Å². The fraction of sp³-hybridized carbons (Fsp3) is 0.625. The lowest BCUT2D eigenvalue weighted by atomic mass is 9.88. The van der Waals surface area contributed by atoms with Crippen LogP contribution in [0.25, 0.3) is 0 Å². The first kappa shape index (κ1) is 16.5. The predicted octanol–water partition coefficient (Wildman–Crippen LogP) is 1.63. The van der Waals surface area contributed by atoms with Crippen LogP contribution in [0.3, 0.4) is 0 Å². The average molecular weight is 310 g/mol. The molecule has 1 fully saturated rings. The van der Waals surface area contributed by atoms with Crippen LogP contribution in [0.15, 0.2) is 30.3 Å². The molecule has 0 saturated carbocycles. The van der Waals surface area contributed by atoms with Gasteiger partial charge >= 0.3 is 0 Å². The molecule has 0 aliphatic carbocycles. The Hall–Kier alpha value is -0.910. The van der Waals surface area contributed by atoms with Gasteiger partial charge in [0.2, 0.25) is 0 Å². The molecule has 5 heteroatoms. The number of rotatable bonds is 5. The quantitative estimate of drug-likeness (QED) is 0.898. The van der Waals surface area contributed by atoms with Crippen LogP contribution in [0.5, 0.6) is 0 Å². The second-order valence-electron chi connectivity index (χ2n) is 6.13. The number of sulfone groups is 1. The van der Waals surface area contributed by atoms with E-state index in [4.69, 9.17) is 0 Å². The molecule has 118 valence electrons. The van der Waals surface area contributed by atoms with Gasteiger partial charge in [-0.25, -0.2) is 8.42 Å². The van der Waals surface area contributed by atoms with Gasteiger partial charge < -0.3 is 5.32 Å². The van der Waals surface area contributed by atoms with Crippen molar-refractivity contribution in [2.75, 3.05) is 31.1 Å². The lowest BCUT2D eigenvalue weighted by Crippen LogP contribution is -2.60. The van der Waals surface area contributed by atoms with Gasteiger partial charge in [0.25, 0.3) is 0 Å². The van der Waals surface area contributed by atoms with E-state index < -0.39 is 9.84 Å². The van der Waals surface area contributed by atoms with Crippen molar-refractivity contribution >= 4 is 9.84 Å². The SMILES string of the molecule is CCS(=O)(=O)CCN1CC(C)(c2ccccc2)NCC1C. The van der Waals surface area contributed by atoms with Crippen LogP contribution in [0.4, 0.5) is 0 Å². The number of nitrogens with zero attached hydrogens (tertiary/aromatic N) is 1. The van der Waals surface area contributed by atoms with Crippen LogP contribution >= 0.6 is 0 Å². The van der Waals surface area contributed by atoms with Crippen LogP contribution in [-0.4, -0.2) is 50.5 Å². The first-order chi connectivity index (χ1) is 9.86. The number of benzene rings is 1. The molecule has 0 spiro atoms. The molecular weight excluding hydrogens is 284 g/mol. The maximum absolute atomic E-state index is 11.7. The second-order valence-corrected chi connectivity index (χ2v) is 8.61. The Morgan fingerprint density at radius 1 is 1.33 bits per heavy atom. The van der Waals surface area contributed by atoms with E-state index in [1.165, 1.54) is 5.56 Å². The highest BCUT2D eigenvalue weighted by molar-refractivity contribution is 7.91. The molecule has 1 aromatic rings. The summed E-state index contributed by atoms with van der Waals surface area (Å²) in [6, 6.07) is 10.7. The molecule has 1 aliphatic rings. The summed E-state index contributed by atoms with van der Waals surface area (Å²) in [5.74, 6) is 0.474. The van der Waals surface area contributed by atoms with Crippen molar-refractivity contribution in [2.24, 2.45) is 0 Å². The summed E-state index contributed by atoms with van der Waals surface area (Å²) in [5, 5.41) is 3.61. The van der Waals surface area contributed by atoms with Crippen molar-refractivity contribution in [3.8, 4) is 0 Å². The number of nitrogens with one attached hydrogen (secondary N) is 1. The van der Waals surface area contributed by atoms with E-state index in [9.17, 15) is 8.42 Å². The Kier molecular flexibility index (Phi) is 5.07. The maximum Gasteiger partial charge on any atom is 0.151 e. The van der Waals surface area contributed by atoms with Gasteiger partial charge in [-0.05, 0) is 19.4 Å². The average Bonchev–Trinajstić information content (AvgIpc) is 2.49. The normalized spacial score (nSPS) is 27.7. The van der Waals surface area contributed by atoms with Crippen molar-refractivity contribution in [3.05, 3.63) is 35.9 Å². The maximum atomic E-state index is 11.7. The van der Waals surface area contributed by atoms with Gasteiger partial charge in [-0.1, -0.05) is 37.3 Å². The van der Waals surface area contributed by atoms with Gasteiger partial charge in [0.05, 0.1) is 11.3 Å². The highest BCUT2D eigenvalue weighted by Gasteiger charge is 2.35. The minimum absolute atomic E-state index is 0.121. The fourth-order valence-electron chi connectivity index (χ4n) is 2.82. The monoisotopic (exact) mass is 310 g/mol. The summed E-state index contributed by atoms with van der Waals surface area (Å²) < 4.78 is 23.5. The first-order valence-corrected chi connectivity index (χ1v) is 9.43. The summed E-state index contributed by atoms with van der Waals surface area (Å²) in [7, 11) is -2.91. The molecule has 1 saturated heterocycles. The molecule has 2 atom stereocenters. The number of hydrogen-bond donors (Lipinski definition) is 1. The van der Waals surface area contributed by atoms with Gasteiger partial charge in [0.1, 0.15) is 0 Å². The van der Waals surface area contributed by atoms with Crippen molar-refractivity contribution in [2.45, 2.75) is 32.4 Å². The van der Waals surface area contributed by atoms with Gasteiger partial charge in [-0.15, -0.1) is 0 Å². The summed E-state index contributed by atoms with van der Waals surface area (Å²) in [6.07, 6.45) is 0. The highest BCUT2D eigenvalue weighted by Crippen LogP contribution is 2.26. The molecule has 1 N–H and O–H groups in total. The second kappa shape index (κ2) is 6.46. The minimum Gasteiger partial charge on any atom is -0.305 e. The minimum atomic E-state index is -2.91. The molecule has 0 bridgehead atoms. The van der Waals surface area contributed by atoms with Crippen molar-refractivity contribution in [3.63, 3.8) is 0 Å². The fourth-order valence-corrected chi connectivity index (χ4v) is 3.62. The van der Waals surface area contributed by atoms with E-state index in [1.807, 2.05) is 18.2 Å². The van der Waals surface area contributed by atoms with Crippen molar-refractivity contribution < 1.29 is 8.42 Å². The van der Waals surface area contributed by atoms with E-state index in [0.717, 1.165) is 13.1 Å². The molecule has 0 aromatic heterocycles.